The van der Waals surface area contributed by atoms with Gasteiger partial charge in [-0.2, -0.15) is 0 Å². The zero-order valence-corrected chi connectivity index (χ0v) is 30.7. The van der Waals surface area contributed by atoms with Crippen molar-refractivity contribution in [1.82, 2.24) is 0 Å². The Morgan fingerprint density at radius 1 is 0.429 bits per heavy atom. The summed E-state index contributed by atoms with van der Waals surface area (Å²) in [6.07, 6.45) is 0. The van der Waals surface area contributed by atoms with E-state index in [1.807, 2.05) is 30.0 Å². The van der Waals surface area contributed by atoms with Crippen LogP contribution in [-0.2, 0) is 0 Å². The molecule has 5 aromatic carbocycles. The number of benzene rings is 5. The number of rotatable bonds is 8. The fourth-order valence-corrected chi connectivity index (χ4v) is 23.1. The van der Waals surface area contributed by atoms with Crippen molar-refractivity contribution in [1.29, 1.82) is 0 Å². The normalized spacial score (nSPS) is 11.4. The summed E-state index contributed by atoms with van der Waals surface area (Å²) in [6, 6.07) is 51.9. The van der Waals surface area contributed by atoms with Crippen LogP contribution in [0.2, 0.25) is 0 Å². The van der Waals surface area contributed by atoms with Gasteiger partial charge in [0.2, 0.25) is 0 Å². The zero-order valence-electron chi connectivity index (χ0n) is 23.1. The van der Waals surface area contributed by atoms with Crippen molar-refractivity contribution in [3.8, 4) is 0 Å². The number of halogens is 2. The van der Waals surface area contributed by atoms with Crippen molar-refractivity contribution in [3.63, 3.8) is 0 Å². The van der Waals surface area contributed by atoms with Crippen LogP contribution >= 0.6 is 79.2 Å². The van der Waals surface area contributed by atoms with E-state index >= 15 is 0 Å². The number of nitrogens with zero attached hydrogens (tertiary/aromatic N) is 2. The maximum absolute atomic E-state index is 5.99. The Morgan fingerprint density at radius 2 is 0.690 bits per heavy atom. The number of hydrogen-bond donors (Lipinski definition) is 0. The molecule has 0 aromatic heterocycles. The molecule has 0 bridgehead atoms. The molecular weight excluding hydrogens is 818 g/mol. The number of anilines is 2. The average molecular weight is 849 g/mol. The van der Waals surface area contributed by atoms with Crippen molar-refractivity contribution in [2.75, 3.05) is 23.9 Å². The summed E-state index contributed by atoms with van der Waals surface area (Å²) in [4.78, 5) is 4.25. The first-order valence-electron chi connectivity index (χ1n) is 13.1. The van der Waals surface area contributed by atoms with Gasteiger partial charge in [-0.05, 0) is 0 Å². The molecule has 0 saturated carbocycles. The Labute approximate surface area is 280 Å². The van der Waals surface area contributed by atoms with Gasteiger partial charge in [-0.3, -0.25) is 0 Å². The van der Waals surface area contributed by atoms with Gasteiger partial charge in [0.1, 0.15) is 0 Å². The Morgan fingerprint density at radius 3 is 1.00 bits per heavy atom. The van der Waals surface area contributed by atoms with E-state index in [2.05, 4.69) is 157 Å². The summed E-state index contributed by atoms with van der Waals surface area (Å²) >= 11 is 8.15. The predicted octanol–water partition coefficient (Wildman–Crippen LogP) is 10.9. The summed E-state index contributed by atoms with van der Waals surface area (Å²) in [6.45, 7) is 0. The van der Waals surface area contributed by atoms with E-state index in [1.165, 1.54) is 14.3 Å². The summed E-state index contributed by atoms with van der Waals surface area (Å²) in [5, 5.41) is 0. The molecule has 214 valence electrons. The van der Waals surface area contributed by atoms with E-state index in [9.17, 15) is 0 Å². The topological polar surface area (TPSA) is 6.48 Å². The zero-order chi connectivity index (χ0) is 29.3. The van der Waals surface area contributed by atoms with Gasteiger partial charge in [0.15, 0.2) is 0 Å². The molecule has 5 rings (SSSR count). The average Bonchev–Trinajstić information content (AvgIpc) is 3.07. The van der Waals surface area contributed by atoms with E-state index in [1.54, 1.807) is 0 Å². The quantitative estimate of drug-likeness (QED) is 0.113. The van der Waals surface area contributed by atoms with E-state index in [4.69, 9.17) is 24.4 Å². The standard InChI is InChI=1S/C34H30I2N2S4/c1-37(31-19-11-5-12-20-31)33(39)41-35(27-15-7-3-8-16-27)29-23-25-30(26-24-29)36(28-17-9-4-10-18-28)42-34(40)38(2)32-21-13-6-14-22-32/h3-26H,1-2H3. The van der Waals surface area contributed by atoms with Crippen molar-refractivity contribution < 1.29 is 0 Å². The molecular formula is C34H30I2N2S4. The molecule has 42 heavy (non-hydrogen) atoms. The van der Waals surface area contributed by atoms with Gasteiger partial charge in [-0.1, -0.05) is 0 Å². The molecule has 0 aliphatic heterocycles. The Hall–Kier alpha value is -1.96. The number of para-hydroxylation sites is 2. The van der Waals surface area contributed by atoms with Gasteiger partial charge in [0, 0.05) is 0 Å². The summed E-state index contributed by atoms with van der Waals surface area (Å²) < 4.78 is 7.37. The predicted molar refractivity (Wildman–Crippen MR) is 212 cm³/mol. The molecule has 0 heterocycles. The molecule has 0 atom stereocenters. The summed E-state index contributed by atoms with van der Waals surface area (Å²) in [5.41, 5.74) is 2.22. The summed E-state index contributed by atoms with van der Waals surface area (Å²) in [5.74, 6) is 0. The molecule has 0 unspecified atom stereocenters. The molecule has 0 spiro atoms. The second-order valence-corrected chi connectivity index (χ2v) is 26.0. The van der Waals surface area contributed by atoms with Crippen molar-refractivity contribution in [2.24, 2.45) is 0 Å². The van der Waals surface area contributed by atoms with E-state index in [0.717, 1.165) is 20.0 Å². The Bertz CT molecular complexity index is 1470. The fourth-order valence-electron chi connectivity index (χ4n) is 3.90. The second kappa shape index (κ2) is 15.7. The van der Waals surface area contributed by atoms with Crippen molar-refractivity contribution in [2.45, 2.75) is 0 Å². The van der Waals surface area contributed by atoms with Crippen LogP contribution in [0, 0.1) is 14.3 Å². The molecule has 0 fully saturated rings. The third-order valence-electron chi connectivity index (χ3n) is 6.18. The maximum atomic E-state index is 5.99. The van der Waals surface area contributed by atoms with Crippen LogP contribution < -0.4 is 9.80 Å². The van der Waals surface area contributed by atoms with E-state index < -0.39 is 36.9 Å². The molecule has 0 aliphatic carbocycles. The van der Waals surface area contributed by atoms with Crippen LogP contribution in [0.15, 0.2) is 146 Å². The first kappa shape index (κ1) is 31.5. The Kier molecular flexibility index (Phi) is 11.7. The van der Waals surface area contributed by atoms with Crippen molar-refractivity contribution in [3.05, 3.63) is 160 Å². The second-order valence-electron chi connectivity index (χ2n) is 9.00. The molecule has 0 radical (unpaired) electrons. The molecule has 0 amide bonds. The number of hydrogen-bond acceptors (Lipinski definition) is 4. The molecule has 2 nitrogen and oxygen atoms in total. The van der Waals surface area contributed by atoms with E-state index in [0.29, 0.717) is 0 Å². The van der Waals surface area contributed by atoms with Gasteiger partial charge in [-0.25, -0.2) is 0 Å². The molecule has 0 saturated heterocycles. The number of thiocarbonyl (C=S) groups is 2. The minimum absolute atomic E-state index is 0.905. The van der Waals surface area contributed by atoms with Gasteiger partial charge in [-0.15, -0.1) is 0 Å². The van der Waals surface area contributed by atoms with Crippen LogP contribution in [-0.4, -0.2) is 22.7 Å². The van der Waals surface area contributed by atoms with Crippen LogP contribution in [0.25, 0.3) is 0 Å². The van der Waals surface area contributed by atoms with Crippen LogP contribution in [0.5, 0.6) is 0 Å². The molecule has 8 heteroatoms. The SMILES string of the molecule is CN(C(=S)SI(c1ccccc1)c1ccc(I(SC(=S)N(C)c2ccccc2)c2ccccc2)cc1)c1ccccc1. The van der Waals surface area contributed by atoms with Gasteiger partial charge >= 0.3 is 283 Å². The van der Waals surface area contributed by atoms with Gasteiger partial charge in [0.05, 0.1) is 0 Å². The molecule has 0 N–H and O–H groups in total. The third kappa shape index (κ3) is 8.15. The van der Waals surface area contributed by atoms with Crippen LogP contribution in [0.4, 0.5) is 11.4 Å². The summed E-state index contributed by atoms with van der Waals surface area (Å²) in [7, 11) is 7.87. The van der Waals surface area contributed by atoms with E-state index in [-0.39, 0.29) is 0 Å². The van der Waals surface area contributed by atoms with Gasteiger partial charge < -0.3 is 0 Å². The van der Waals surface area contributed by atoms with Crippen molar-refractivity contribution >= 4 is 99.2 Å². The Balaban J connectivity index is 1.42. The first-order valence-corrected chi connectivity index (χ1v) is 25.0. The first-order chi connectivity index (χ1) is 20.5. The molecule has 5 aromatic rings. The fraction of sp³-hybridized carbons (Fsp3) is 0.0588. The van der Waals surface area contributed by atoms with Gasteiger partial charge in [0.25, 0.3) is 0 Å². The third-order valence-corrected chi connectivity index (χ3v) is 27.5. The van der Waals surface area contributed by atoms with Crippen LogP contribution in [0.3, 0.4) is 0 Å². The molecule has 0 aliphatic rings. The monoisotopic (exact) mass is 848 g/mol. The van der Waals surface area contributed by atoms with Crippen LogP contribution in [0.1, 0.15) is 0 Å². The minimum atomic E-state index is -1.92.